The molecule has 0 bridgehead atoms. The molecule has 1 unspecified atom stereocenters. The Morgan fingerprint density at radius 3 is 2.56 bits per heavy atom. The summed E-state index contributed by atoms with van der Waals surface area (Å²) in [6.07, 6.45) is 1.48. The number of Topliss-reactive ketones (excluding diaryl/α,β-unsaturated/α-hetero) is 1. The van der Waals surface area contributed by atoms with Crippen LogP contribution in [0.25, 0.3) is 0 Å². The maximum atomic E-state index is 12.6. The molecule has 9 heteroatoms. The molecule has 25 heavy (non-hydrogen) atoms. The number of ether oxygens (including phenoxy) is 1. The SMILES string of the molecule is CCOC(=O)C1CCCN(CC(=O)c2c(N)n(C)c(=O)n(C)c2=O)C1. The van der Waals surface area contributed by atoms with Gasteiger partial charge in [0.2, 0.25) is 0 Å². The second-order valence-corrected chi connectivity index (χ2v) is 6.22. The number of anilines is 1. The minimum Gasteiger partial charge on any atom is -0.466 e. The lowest BCUT2D eigenvalue weighted by Gasteiger charge is -2.30. The number of aromatic nitrogens is 2. The second kappa shape index (κ2) is 7.64. The van der Waals surface area contributed by atoms with E-state index in [1.165, 1.54) is 14.1 Å². The van der Waals surface area contributed by atoms with Crippen LogP contribution < -0.4 is 17.0 Å². The molecule has 1 aromatic heterocycles. The Kier molecular flexibility index (Phi) is 5.78. The van der Waals surface area contributed by atoms with E-state index in [0.717, 1.165) is 15.6 Å². The number of ketones is 1. The van der Waals surface area contributed by atoms with Crippen molar-refractivity contribution >= 4 is 17.6 Å². The highest BCUT2D eigenvalue weighted by Crippen LogP contribution is 2.18. The molecule has 9 nitrogen and oxygen atoms in total. The van der Waals surface area contributed by atoms with Gasteiger partial charge in [0.15, 0.2) is 5.78 Å². The summed E-state index contributed by atoms with van der Waals surface area (Å²) in [7, 11) is 2.71. The fourth-order valence-electron chi connectivity index (χ4n) is 3.06. The highest BCUT2D eigenvalue weighted by atomic mass is 16.5. The van der Waals surface area contributed by atoms with Crippen molar-refractivity contribution in [3.63, 3.8) is 0 Å². The summed E-state index contributed by atoms with van der Waals surface area (Å²) in [5.41, 5.74) is 4.33. The number of likely N-dealkylation sites (tertiary alicyclic amines) is 1. The predicted octanol–water partition coefficient (Wildman–Crippen LogP) is -0.876. The number of hydrogen-bond donors (Lipinski definition) is 1. The van der Waals surface area contributed by atoms with E-state index < -0.39 is 17.0 Å². The minimum absolute atomic E-state index is 0.0342. The Balaban J connectivity index is 2.19. The van der Waals surface area contributed by atoms with E-state index in [-0.39, 0.29) is 29.8 Å². The smallest absolute Gasteiger partial charge is 0.332 e. The lowest BCUT2D eigenvalue weighted by molar-refractivity contribution is -0.149. The van der Waals surface area contributed by atoms with Crippen LogP contribution in [0.3, 0.4) is 0 Å². The van der Waals surface area contributed by atoms with Gasteiger partial charge in [-0.1, -0.05) is 0 Å². The number of piperidine rings is 1. The van der Waals surface area contributed by atoms with Crippen molar-refractivity contribution in [1.82, 2.24) is 14.0 Å². The van der Waals surface area contributed by atoms with Gasteiger partial charge in [-0.05, 0) is 26.3 Å². The number of rotatable bonds is 5. The van der Waals surface area contributed by atoms with Crippen LogP contribution in [0.4, 0.5) is 5.82 Å². The molecular weight excluding hydrogens is 328 g/mol. The van der Waals surface area contributed by atoms with Gasteiger partial charge in [0.1, 0.15) is 11.4 Å². The summed E-state index contributed by atoms with van der Waals surface area (Å²) in [6.45, 7) is 3.08. The average Bonchev–Trinajstić information content (AvgIpc) is 2.59. The summed E-state index contributed by atoms with van der Waals surface area (Å²) in [5.74, 6) is -1.14. The zero-order valence-corrected chi connectivity index (χ0v) is 14.8. The summed E-state index contributed by atoms with van der Waals surface area (Å²) >= 11 is 0. The number of esters is 1. The standard InChI is InChI=1S/C16H24N4O5/c1-4-25-15(23)10-6-5-7-20(8-10)9-11(21)12-13(17)18(2)16(24)19(3)14(12)22/h10H,4-9,17H2,1-3H3. The summed E-state index contributed by atoms with van der Waals surface area (Å²) in [4.78, 5) is 50.4. The molecule has 2 rings (SSSR count). The minimum atomic E-state index is -0.704. The van der Waals surface area contributed by atoms with Gasteiger partial charge in [0, 0.05) is 20.6 Å². The Morgan fingerprint density at radius 2 is 1.92 bits per heavy atom. The third-order valence-corrected chi connectivity index (χ3v) is 4.48. The van der Waals surface area contributed by atoms with Crippen LogP contribution >= 0.6 is 0 Å². The third-order valence-electron chi connectivity index (χ3n) is 4.48. The van der Waals surface area contributed by atoms with Crippen molar-refractivity contribution in [2.75, 3.05) is 32.0 Å². The molecule has 2 heterocycles. The normalized spacial score (nSPS) is 18.1. The number of carbonyl (C=O) groups is 2. The fraction of sp³-hybridized carbons (Fsp3) is 0.625. The number of nitrogen functional groups attached to an aromatic ring is 1. The van der Waals surface area contributed by atoms with E-state index in [2.05, 4.69) is 0 Å². The molecular formula is C16H24N4O5. The maximum absolute atomic E-state index is 12.6. The van der Waals surface area contributed by atoms with Crippen LogP contribution in [0, 0.1) is 5.92 Å². The van der Waals surface area contributed by atoms with E-state index in [4.69, 9.17) is 10.5 Å². The molecule has 1 atom stereocenters. The first-order valence-electron chi connectivity index (χ1n) is 8.25. The Morgan fingerprint density at radius 1 is 1.24 bits per heavy atom. The fourth-order valence-corrected chi connectivity index (χ4v) is 3.06. The van der Waals surface area contributed by atoms with E-state index >= 15 is 0 Å². The number of nitrogens with zero attached hydrogens (tertiary/aromatic N) is 3. The largest absolute Gasteiger partial charge is 0.466 e. The van der Waals surface area contributed by atoms with Gasteiger partial charge < -0.3 is 10.5 Å². The van der Waals surface area contributed by atoms with Crippen molar-refractivity contribution in [3.8, 4) is 0 Å². The van der Waals surface area contributed by atoms with Gasteiger partial charge >= 0.3 is 11.7 Å². The van der Waals surface area contributed by atoms with Crippen LogP contribution in [0.15, 0.2) is 9.59 Å². The second-order valence-electron chi connectivity index (χ2n) is 6.22. The first kappa shape index (κ1) is 18.9. The zero-order chi connectivity index (χ0) is 18.7. The zero-order valence-electron chi connectivity index (χ0n) is 14.8. The Labute approximate surface area is 145 Å². The molecule has 1 aliphatic rings. The van der Waals surface area contributed by atoms with Crippen LogP contribution in [0.5, 0.6) is 0 Å². The molecule has 1 fully saturated rings. The molecule has 0 aromatic carbocycles. The van der Waals surface area contributed by atoms with Gasteiger partial charge in [-0.25, -0.2) is 4.79 Å². The van der Waals surface area contributed by atoms with Crippen molar-refractivity contribution in [3.05, 3.63) is 26.4 Å². The lowest BCUT2D eigenvalue weighted by atomic mass is 9.97. The molecule has 1 aromatic rings. The van der Waals surface area contributed by atoms with Gasteiger partial charge in [0.25, 0.3) is 5.56 Å². The maximum Gasteiger partial charge on any atom is 0.332 e. The van der Waals surface area contributed by atoms with E-state index in [0.29, 0.717) is 26.1 Å². The number of carbonyl (C=O) groups excluding carboxylic acids is 2. The monoisotopic (exact) mass is 352 g/mol. The topological polar surface area (TPSA) is 117 Å². The van der Waals surface area contributed by atoms with Gasteiger partial charge in [-0.3, -0.25) is 28.4 Å². The predicted molar refractivity (Wildman–Crippen MR) is 91.5 cm³/mol. The molecule has 2 N–H and O–H groups in total. The van der Waals surface area contributed by atoms with Crippen LogP contribution in [0.2, 0.25) is 0 Å². The highest BCUT2D eigenvalue weighted by molar-refractivity contribution is 6.01. The molecule has 0 saturated carbocycles. The third kappa shape index (κ3) is 3.81. The first-order chi connectivity index (χ1) is 11.8. The van der Waals surface area contributed by atoms with Crippen molar-refractivity contribution < 1.29 is 14.3 Å². The van der Waals surface area contributed by atoms with Crippen LogP contribution in [-0.4, -0.2) is 52.0 Å². The summed E-state index contributed by atoms with van der Waals surface area (Å²) in [6, 6.07) is 0. The van der Waals surface area contributed by atoms with Gasteiger partial charge in [0.05, 0.1) is 19.1 Å². The summed E-state index contributed by atoms with van der Waals surface area (Å²) in [5, 5.41) is 0. The van der Waals surface area contributed by atoms with Crippen molar-refractivity contribution in [1.29, 1.82) is 0 Å². The summed E-state index contributed by atoms with van der Waals surface area (Å²) < 4.78 is 6.98. The van der Waals surface area contributed by atoms with Crippen molar-refractivity contribution in [2.45, 2.75) is 19.8 Å². The molecule has 0 spiro atoms. The van der Waals surface area contributed by atoms with Crippen LogP contribution in [-0.2, 0) is 23.6 Å². The molecule has 1 aliphatic heterocycles. The highest BCUT2D eigenvalue weighted by Gasteiger charge is 2.29. The quantitative estimate of drug-likeness (QED) is 0.540. The molecule has 0 amide bonds. The average molecular weight is 352 g/mol. The Hall–Kier alpha value is -2.42. The number of hydrogen-bond acceptors (Lipinski definition) is 7. The Bertz CT molecular complexity index is 795. The van der Waals surface area contributed by atoms with E-state index in [9.17, 15) is 19.2 Å². The lowest BCUT2D eigenvalue weighted by Crippen LogP contribution is -2.45. The van der Waals surface area contributed by atoms with Gasteiger partial charge in [-0.15, -0.1) is 0 Å². The van der Waals surface area contributed by atoms with Crippen LogP contribution in [0.1, 0.15) is 30.1 Å². The molecule has 0 radical (unpaired) electrons. The van der Waals surface area contributed by atoms with Gasteiger partial charge in [-0.2, -0.15) is 0 Å². The first-order valence-corrected chi connectivity index (χ1v) is 8.25. The molecule has 1 saturated heterocycles. The molecule has 0 aliphatic carbocycles. The van der Waals surface area contributed by atoms with E-state index in [1.54, 1.807) is 6.92 Å². The van der Waals surface area contributed by atoms with E-state index in [1.807, 2.05) is 4.90 Å². The van der Waals surface area contributed by atoms with Crippen molar-refractivity contribution in [2.24, 2.45) is 20.0 Å². The number of nitrogens with two attached hydrogens (primary N) is 1. The molecule has 138 valence electrons.